The van der Waals surface area contributed by atoms with Crippen LogP contribution in [0.25, 0.3) is 0 Å². The molecule has 1 aliphatic carbocycles. The van der Waals surface area contributed by atoms with Gasteiger partial charge in [0.25, 0.3) is 5.91 Å². The Bertz CT molecular complexity index is 1000. The Morgan fingerprint density at radius 1 is 1.35 bits per heavy atom. The summed E-state index contributed by atoms with van der Waals surface area (Å²) in [5.74, 6) is -2.45. The molecule has 1 saturated carbocycles. The van der Waals surface area contributed by atoms with E-state index in [0.29, 0.717) is 11.4 Å². The van der Waals surface area contributed by atoms with Gasteiger partial charge in [-0.25, -0.2) is 13.8 Å². The van der Waals surface area contributed by atoms with Crippen LogP contribution in [0.3, 0.4) is 0 Å². The van der Waals surface area contributed by atoms with E-state index < -0.39 is 17.9 Å². The molecule has 8 nitrogen and oxygen atoms in total. The van der Waals surface area contributed by atoms with Crippen LogP contribution in [0, 0.1) is 0 Å². The van der Waals surface area contributed by atoms with Gasteiger partial charge in [-0.3, -0.25) is 4.79 Å². The van der Waals surface area contributed by atoms with Crippen molar-refractivity contribution in [3.63, 3.8) is 0 Å². The van der Waals surface area contributed by atoms with Crippen LogP contribution in [0.5, 0.6) is 5.75 Å². The number of anilines is 3. The molecule has 2 heterocycles. The molecular weight excluding hydrogens is 406 g/mol. The number of halogens is 2. The molecule has 0 bridgehead atoms. The molecule has 1 atom stereocenters. The molecule has 0 spiro atoms. The highest BCUT2D eigenvalue weighted by atomic mass is 19.3. The predicted molar refractivity (Wildman–Crippen MR) is 113 cm³/mol. The quantitative estimate of drug-likeness (QED) is 0.645. The Labute approximate surface area is 179 Å². The molecule has 1 aromatic carbocycles. The van der Waals surface area contributed by atoms with E-state index in [1.807, 2.05) is 12.1 Å². The molecule has 1 unspecified atom stereocenters. The second-order valence-electron chi connectivity index (χ2n) is 8.19. The molecule has 0 radical (unpaired) electrons. The molecule has 0 saturated heterocycles. The van der Waals surface area contributed by atoms with E-state index in [4.69, 9.17) is 10.5 Å². The summed E-state index contributed by atoms with van der Waals surface area (Å²) in [6.45, 7) is 1.80. The molecule has 1 amide bonds. The molecule has 1 aromatic heterocycles. The summed E-state index contributed by atoms with van der Waals surface area (Å²) in [6, 6.07) is 3.51. The third-order valence-corrected chi connectivity index (χ3v) is 5.77. The van der Waals surface area contributed by atoms with Crippen molar-refractivity contribution in [2.45, 2.75) is 44.2 Å². The zero-order valence-corrected chi connectivity index (χ0v) is 17.5. The Morgan fingerprint density at radius 3 is 2.84 bits per heavy atom. The minimum Gasteiger partial charge on any atom is -0.495 e. The van der Waals surface area contributed by atoms with Gasteiger partial charge < -0.3 is 26.0 Å². The Hall–Kier alpha value is -3.01. The number of alkyl halides is 2. The fraction of sp³-hybridized carbons (Fsp3) is 0.476. The lowest BCUT2D eigenvalue weighted by Gasteiger charge is -2.26. The van der Waals surface area contributed by atoms with Crippen LogP contribution in [0.4, 0.5) is 26.2 Å². The van der Waals surface area contributed by atoms with E-state index in [0.717, 1.165) is 19.5 Å². The predicted octanol–water partition coefficient (Wildman–Crippen LogP) is 2.92. The minimum absolute atomic E-state index is 0.0554. The first-order chi connectivity index (χ1) is 14.7. The first-order valence-corrected chi connectivity index (χ1v) is 10.2. The summed E-state index contributed by atoms with van der Waals surface area (Å²) in [5, 5.41) is 6.08. The lowest BCUT2D eigenvalue weighted by atomic mass is 9.99. The highest BCUT2D eigenvalue weighted by Gasteiger charge is 2.39. The van der Waals surface area contributed by atoms with Gasteiger partial charge in [0.1, 0.15) is 11.6 Å². The summed E-state index contributed by atoms with van der Waals surface area (Å²) in [6.07, 6.45) is 2.00. The number of likely N-dealkylation sites (N-methyl/N-ethyl adjacent to an activating group) is 1. The average Bonchev–Trinajstić information content (AvgIpc) is 3.05. The van der Waals surface area contributed by atoms with Crippen molar-refractivity contribution >= 4 is 23.4 Å². The second kappa shape index (κ2) is 8.26. The van der Waals surface area contributed by atoms with Gasteiger partial charge in [-0.2, -0.15) is 4.98 Å². The highest BCUT2D eigenvalue weighted by Crippen LogP contribution is 2.37. The van der Waals surface area contributed by atoms with Crippen molar-refractivity contribution in [3.05, 3.63) is 35.0 Å². The van der Waals surface area contributed by atoms with Crippen LogP contribution in [0.2, 0.25) is 0 Å². The topological polar surface area (TPSA) is 105 Å². The number of amides is 1. The van der Waals surface area contributed by atoms with Crippen LogP contribution < -0.4 is 21.1 Å². The van der Waals surface area contributed by atoms with Crippen molar-refractivity contribution in [1.82, 2.24) is 14.9 Å². The normalized spacial score (nSPS) is 20.2. The average molecular weight is 432 g/mol. The molecule has 4 rings (SSSR count). The van der Waals surface area contributed by atoms with Crippen LogP contribution in [-0.4, -0.2) is 53.4 Å². The number of benzene rings is 1. The van der Waals surface area contributed by atoms with Gasteiger partial charge in [-0.05, 0) is 43.1 Å². The summed E-state index contributed by atoms with van der Waals surface area (Å²) < 4.78 is 32.7. The monoisotopic (exact) mass is 432 g/mol. The molecule has 2 aromatic rings. The van der Waals surface area contributed by atoms with Gasteiger partial charge in [-0.15, -0.1) is 0 Å². The number of ether oxygens (including phenoxy) is 1. The zero-order chi connectivity index (χ0) is 22.2. The number of hydrogen-bond acceptors (Lipinski definition) is 7. The van der Waals surface area contributed by atoms with Crippen LogP contribution >= 0.6 is 0 Å². The van der Waals surface area contributed by atoms with Gasteiger partial charge in [0.2, 0.25) is 11.9 Å². The van der Waals surface area contributed by atoms with E-state index in [-0.39, 0.29) is 36.6 Å². The van der Waals surface area contributed by atoms with E-state index in [9.17, 15) is 13.6 Å². The summed E-state index contributed by atoms with van der Waals surface area (Å²) in [5.41, 5.74) is 8.57. The van der Waals surface area contributed by atoms with Gasteiger partial charge in [0.05, 0.1) is 18.4 Å². The molecule has 2 aliphatic rings. The summed E-state index contributed by atoms with van der Waals surface area (Å²) in [7, 11) is 3.66. The van der Waals surface area contributed by atoms with Crippen molar-refractivity contribution in [1.29, 1.82) is 0 Å². The number of hydrogen-bond donors (Lipinski definition) is 3. The van der Waals surface area contributed by atoms with Gasteiger partial charge in [-0.1, -0.05) is 0 Å². The van der Waals surface area contributed by atoms with Gasteiger partial charge in [0.15, 0.2) is 0 Å². The van der Waals surface area contributed by atoms with Crippen molar-refractivity contribution < 1.29 is 18.3 Å². The van der Waals surface area contributed by atoms with Crippen LogP contribution in [-0.2, 0) is 13.0 Å². The molecule has 4 N–H and O–H groups in total. The fourth-order valence-electron chi connectivity index (χ4n) is 4.11. The maximum absolute atomic E-state index is 13.6. The van der Waals surface area contributed by atoms with E-state index in [2.05, 4.69) is 32.5 Å². The van der Waals surface area contributed by atoms with Crippen molar-refractivity contribution in [3.8, 4) is 5.75 Å². The largest absolute Gasteiger partial charge is 0.495 e. The third-order valence-electron chi connectivity index (χ3n) is 5.77. The SMILES string of the molecule is COc1cc2c(cc1Nc1ncc(C(N)=O)c(NC3CCC(F)(F)C3)n1)CN(C)CC2. The molecular formula is C21H26F2N6O2. The zero-order valence-electron chi connectivity index (χ0n) is 17.5. The number of fused-ring (bicyclic) bond motifs is 1. The Morgan fingerprint density at radius 2 is 2.16 bits per heavy atom. The van der Waals surface area contributed by atoms with Gasteiger partial charge >= 0.3 is 0 Å². The maximum atomic E-state index is 13.6. The first kappa shape index (κ1) is 21.2. The molecule has 31 heavy (non-hydrogen) atoms. The highest BCUT2D eigenvalue weighted by molar-refractivity contribution is 5.97. The number of carbonyl (C=O) groups is 1. The van der Waals surface area contributed by atoms with Crippen LogP contribution in [0.1, 0.15) is 40.7 Å². The molecule has 10 heteroatoms. The second-order valence-corrected chi connectivity index (χ2v) is 8.19. The molecule has 166 valence electrons. The van der Waals surface area contributed by atoms with Crippen molar-refractivity contribution in [2.24, 2.45) is 5.73 Å². The standard InChI is InChI=1S/C21H26F2N6O2/c1-29-6-4-12-8-17(31-2)16(7-13(12)11-29)27-20-25-10-15(18(24)30)19(28-20)26-14-3-5-21(22,23)9-14/h7-8,10,14H,3-6,9,11H2,1-2H3,(H2,24,30)(H2,25,26,27,28). The number of methoxy groups -OCH3 is 1. The first-order valence-electron chi connectivity index (χ1n) is 10.2. The maximum Gasteiger partial charge on any atom is 0.254 e. The summed E-state index contributed by atoms with van der Waals surface area (Å²) >= 11 is 0. The summed E-state index contributed by atoms with van der Waals surface area (Å²) in [4.78, 5) is 22.6. The lowest BCUT2D eigenvalue weighted by Crippen LogP contribution is -2.26. The smallest absolute Gasteiger partial charge is 0.254 e. The van der Waals surface area contributed by atoms with E-state index in [1.54, 1.807) is 7.11 Å². The number of nitrogens with one attached hydrogen (secondary N) is 2. The minimum atomic E-state index is -2.72. The number of nitrogens with two attached hydrogens (primary N) is 1. The number of rotatable bonds is 6. The van der Waals surface area contributed by atoms with E-state index >= 15 is 0 Å². The number of aromatic nitrogens is 2. The number of carbonyl (C=O) groups excluding carboxylic acids is 1. The number of primary amides is 1. The molecule has 1 fully saturated rings. The lowest BCUT2D eigenvalue weighted by molar-refractivity contribution is 0.00851. The Kier molecular flexibility index (Phi) is 5.65. The molecule has 1 aliphatic heterocycles. The third kappa shape index (κ3) is 4.68. The number of nitrogens with zero attached hydrogens (tertiary/aromatic N) is 3. The van der Waals surface area contributed by atoms with Crippen molar-refractivity contribution in [2.75, 3.05) is 31.3 Å². The van der Waals surface area contributed by atoms with Gasteiger partial charge in [0, 0.05) is 38.2 Å². The Balaban J connectivity index is 1.61. The van der Waals surface area contributed by atoms with Crippen LogP contribution in [0.15, 0.2) is 18.3 Å². The van der Waals surface area contributed by atoms with E-state index in [1.165, 1.54) is 17.3 Å². The fourth-order valence-corrected chi connectivity index (χ4v) is 4.11.